The van der Waals surface area contributed by atoms with Gasteiger partial charge in [0.1, 0.15) is 6.10 Å². The Kier molecular flexibility index (Phi) is 4.22. The van der Waals surface area contributed by atoms with Gasteiger partial charge in [-0.25, -0.2) is 0 Å². The zero-order chi connectivity index (χ0) is 17.3. The first-order chi connectivity index (χ1) is 11.4. The van der Waals surface area contributed by atoms with E-state index in [1.54, 1.807) is 0 Å². The van der Waals surface area contributed by atoms with Gasteiger partial charge in [0.2, 0.25) is 6.10 Å². The first kappa shape index (κ1) is 16.4. The van der Waals surface area contributed by atoms with Crippen molar-refractivity contribution in [3.63, 3.8) is 0 Å². The van der Waals surface area contributed by atoms with Gasteiger partial charge in [0.05, 0.1) is 0 Å². The van der Waals surface area contributed by atoms with Crippen LogP contribution < -0.4 is 14.8 Å². The molecular formula is C20H23NO3. The Balaban J connectivity index is 1.82. The highest BCUT2D eigenvalue weighted by Crippen LogP contribution is 2.34. The first-order valence-corrected chi connectivity index (χ1v) is 8.19. The number of amides is 1. The van der Waals surface area contributed by atoms with Gasteiger partial charge in [-0.1, -0.05) is 51.1 Å². The maximum atomic E-state index is 12.8. The number of ether oxygens (including phenoxy) is 2. The fourth-order valence-electron chi connectivity index (χ4n) is 2.86. The number of carbonyl (C=O) groups excluding carboxylic acids is 1. The Hall–Kier alpha value is -2.49. The highest BCUT2D eigenvalue weighted by atomic mass is 16.6. The standard InChI is InChI=1S/C20H23NO3/c1-13-18(24-17-12-8-7-11-16(17)23-13)19(22)21-15-10-6-5-9-14(15)20(2,3)4/h5-13,18H,1-4H3,(H,21,22)/t13-,18+/m1/s1. The normalized spacial score (nSPS) is 19.7. The van der Waals surface area contributed by atoms with E-state index in [0.29, 0.717) is 11.5 Å². The number of carbonyl (C=O) groups is 1. The molecule has 0 radical (unpaired) electrons. The van der Waals surface area contributed by atoms with E-state index in [0.717, 1.165) is 11.3 Å². The SMILES string of the molecule is C[C@H]1Oc2ccccc2O[C@@H]1C(=O)Nc1ccccc1C(C)(C)C. The lowest BCUT2D eigenvalue weighted by molar-refractivity contribution is -0.128. The van der Waals surface area contributed by atoms with Crippen molar-refractivity contribution >= 4 is 11.6 Å². The molecule has 1 amide bonds. The molecule has 0 saturated carbocycles. The molecule has 0 fully saturated rings. The summed E-state index contributed by atoms with van der Waals surface area (Å²) >= 11 is 0. The highest BCUT2D eigenvalue weighted by Gasteiger charge is 2.34. The Bertz CT molecular complexity index is 749. The second-order valence-electron chi connectivity index (χ2n) is 7.09. The largest absolute Gasteiger partial charge is 0.482 e. The summed E-state index contributed by atoms with van der Waals surface area (Å²) in [5, 5.41) is 3.00. The monoisotopic (exact) mass is 325 g/mol. The molecule has 0 unspecified atom stereocenters. The summed E-state index contributed by atoms with van der Waals surface area (Å²) in [5.74, 6) is 1.07. The van der Waals surface area contributed by atoms with Crippen LogP contribution in [0.2, 0.25) is 0 Å². The van der Waals surface area contributed by atoms with Gasteiger partial charge >= 0.3 is 0 Å². The summed E-state index contributed by atoms with van der Waals surface area (Å²) < 4.78 is 11.7. The van der Waals surface area contributed by atoms with E-state index < -0.39 is 6.10 Å². The van der Waals surface area contributed by atoms with Gasteiger partial charge in [-0.15, -0.1) is 0 Å². The van der Waals surface area contributed by atoms with Crippen molar-refractivity contribution in [1.82, 2.24) is 0 Å². The van der Waals surface area contributed by atoms with Gasteiger partial charge in [-0.05, 0) is 36.1 Å². The van der Waals surface area contributed by atoms with Crippen LogP contribution >= 0.6 is 0 Å². The van der Waals surface area contributed by atoms with E-state index in [4.69, 9.17) is 9.47 Å². The number of nitrogens with one attached hydrogen (secondary N) is 1. The summed E-state index contributed by atoms with van der Waals surface area (Å²) in [7, 11) is 0. The minimum Gasteiger partial charge on any atom is -0.482 e. The summed E-state index contributed by atoms with van der Waals surface area (Å²) in [5.41, 5.74) is 1.83. The van der Waals surface area contributed by atoms with Crippen LogP contribution in [-0.2, 0) is 10.2 Å². The van der Waals surface area contributed by atoms with Gasteiger partial charge in [0.15, 0.2) is 11.5 Å². The Morgan fingerprint density at radius 1 is 0.958 bits per heavy atom. The maximum Gasteiger partial charge on any atom is 0.269 e. The molecule has 0 aromatic heterocycles. The van der Waals surface area contributed by atoms with E-state index in [9.17, 15) is 4.79 Å². The lowest BCUT2D eigenvalue weighted by Gasteiger charge is -2.31. The van der Waals surface area contributed by atoms with Crippen LogP contribution in [-0.4, -0.2) is 18.1 Å². The summed E-state index contributed by atoms with van der Waals surface area (Å²) in [4.78, 5) is 12.8. The van der Waals surface area contributed by atoms with Crippen LogP contribution in [0.3, 0.4) is 0 Å². The molecule has 2 aromatic carbocycles. The minimum atomic E-state index is -0.687. The molecule has 2 atom stereocenters. The number of hydrogen-bond acceptors (Lipinski definition) is 3. The van der Waals surface area contributed by atoms with Crippen LogP contribution in [0.5, 0.6) is 11.5 Å². The highest BCUT2D eigenvalue weighted by molar-refractivity contribution is 5.95. The van der Waals surface area contributed by atoms with Crippen LogP contribution in [0.25, 0.3) is 0 Å². The number of hydrogen-bond donors (Lipinski definition) is 1. The molecule has 1 aliphatic rings. The van der Waals surface area contributed by atoms with Gasteiger partial charge < -0.3 is 14.8 Å². The number of rotatable bonds is 2. The molecule has 0 spiro atoms. The van der Waals surface area contributed by atoms with Gasteiger partial charge in [-0.3, -0.25) is 4.79 Å². The fourth-order valence-corrected chi connectivity index (χ4v) is 2.86. The van der Waals surface area contributed by atoms with E-state index in [2.05, 4.69) is 26.1 Å². The Labute approximate surface area is 142 Å². The summed E-state index contributed by atoms with van der Waals surface area (Å²) in [6.07, 6.45) is -1.05. The second-order valence-corrected chi connectivity index (χ2v) is 7.09. The molecule has 4 nitrogen and oxygen atoms in total. The average Bonchev–Trinajstić information content (AvgIpc) is 2.53. The van der Waals surface area contributed by atoms with Crippen molar-refractivity contribution in [2.24, 2.45) is 0 Å². The molecule has 24 heavy (non-hydrogen) atoms. The Morgan fingerprint density at radius 2 is 1.54 bits per heavy atom. The van der Waals surface area contributed by atoms with Gasteiger partial charge in [0, 0.05) is 5.69 Å². The van der Waals surface area contributed by atoms with Gasteiger partial charge in [0.25, 0.3) is 5.91 Å². The van der Waals surface area contributed by atoms with E-state index in [-0.39, 0.29) is 17.4 Å². The molecule has 126 valence electrons. The fraction of sp³-hybridized carbons (Fsp3) is 0.350. The predicted octanol–water partition coefficient (Wildman–Crippen LogP) is 4.15. The van der Waals surface area contributed by atoms with E-state index >= 15 is 0 Å². The first-order valence-electron chi connectivity index (χ1n) is 8.19. The van der Waals surface area contributed by atoms with Gasteiger partial charge in [-0.2, -0.15) is 0 Å². The number of benzene rings is 2. The zero-order valence-electron chi connectivity index (χ0n) is 14.5. The van der Waals surface area contributed by atoms with Crippen molar-refractivity contribution in [2.75, 3.05) is 5.32 Å². The lowest BCUT2D eigenvalue weighted by Crippen LogP contribution is -2.46. The van der Waals surface area contributed by atoms with Crippen molar-refractivity contribution in [1.29, 1.82) is 0 Å². The van der Waals surface area contributed by atoms with E-state index in [1.165, 1.54) is 0 Å². The number of anilines is 1. The maximum absolute atomic E-state index is 12.8. The molecule has 4 heteroatoms. The zero-order valence-corrected chi connectivity index (χ0v) is 14.5. The lowest BCUT2D eigenvalue weighted by atomic mass is 9.86. The number of fused-ring (bicyclic) bond motifs is 1. The molecule has 1 N–H and O–H groups in total. The average molecular weight is 325 g/mol. The van der Waals surface area contributed by atoms with Crippen molar-refractivity contribution < 1.29 is 14.3 Å². The Morgan fingerprint density at radius 3 is 2.21 bits per heavy atom. The molecule has 0 aliphatic carbocycles. The molecule has 2 aromatic rings. The van der Waals surface area contributed by atoms with Crippen LogP contribution in [0.4, 0.5) is 5.69 Å². The molecule has 3 rings (SSSR count). The third-order valence-electron chi connectivity index (χ3n) is 4.09. The van der Waals surface area contributed by atoms with Crippen molar-refractivity contribution in [3.05, 3.63) is 54.1 Å². The summed E-state index contributed by atoms with van der Waals surface area (Å²) in [6, 6.07) is 15.3. The molecule has 0 saturated heterocycles. The van der Waals surface area contributed by atoms with Crippen molar-refractivity contribution in [3.8, 4) is 11.5 Å². The third kappa shape index (κ3) is 3.23. The van der Waals surface area contributed by atoms with E-state index in [1.807, 2.05) is 55.5 Å². The van der Waals surface area contributed by atoms with Crippen LogP contribution in [0, 0.1) is 0 Å². The van der Waals surface area contributed by atoms with Crippen molar-refractivity contribution in [2.45, 2.75) is 45.3 Å². The number of para-hydroxylation sites is 3. The van der Waals surface area contributed by atoms with Crippen LogP contribution in [0.1, 0.15) is 33.3 Å². The molecule has 0 bridgehead atoms. The third-order valence-corrected chi connectivity index (χ3v) is 4.09. The molecule has 1 heterocycles. The quantitative estimate of drug-likeness (QED) is 0.902. The topological polar surface area (TPSA) is 47.6 Å². The molecular weight excluding hydrogens is 302 g/mol. The molecule has 1 aliphatic heterocycles. The van der Waals surface area contributed by atoms with Crippen LogP contribution in [0.15, 0.2) is 48.5 Å². The minimum absolute atomic E-state index is 0.0635. The predicted molar refractivity (Wildman–Crippen MR) is 94.7 cm³/mol. The smallest absolute Gasteiger partial charge is 0.269 e. The summed E-state index contributed by atoms with van der Waals surface area (Å²) in [6.45, 7) is 8.21. The second kappa shape index (κ2) is 6.19.